The van der Waals surface area contributed by atoms with Crippen molar-refractivity contribution in [3.8, 4) is 5.75 Å². The normalized spacial score (nSPS) is 10.0. The summed E-state index contributed by atoms with van der Waals surface area (Å²) in [6.07, 6.45) is 0.181. The Kier molecular flexibility index (Phi) is 7.84. The molecule has 0 aromatic heterocycles. The molecule has 0 aliphatic heterocycles. The van der Waals surface area contributed by atoms with Gasteiger partial charge in [-0.05, 0) is 48.5 Å². The zero-order valence-electron chi connectivity index (χ0n) is 14.3. The first-order valence-electron chi connectivity index (χ1n) is 7.86. The number of hydrazine groups is 1. The summed E-state index contributed by atoms with van der Waals surface area (Å²) in [6.45, 7) is 1.63. The molecule has 27 heavy (non-hydrogen) atoms. The number of halogens is 2. The molecule has 0 unspecified atom stereocenters. The number of thiocarbonyl (C=S) groups is 1. The van der Waals surface area contributed by atoms with E-state index in [0.717, 1.165) is 11.1 Å². The number of rotatable bonds is 5. The standard InChI is InChI=1S/C18H17Cl2N3O3S/c1-11-4-2-3-5-12(11)8-16(24)21-18(27)23-22-17(25)10-26-15-7-6-13(19)9-14(15)20/h2-7,9H,8,10H2,1H3,(H,22,25)(H2,21,23,24,27). The van der Waals surface area contributed by atoms with Crippen molar-refractivity contribution in [2.24, 2.45) is 0 Å². The second-order valence-electron chi connectivity index (χ2n) is 5.52. The maximum atomic E-state index is 12.0. The van der Waals surface area contributed by atoms with Gasteiger partial charge in [-0.15, -0.1) is 0 Å². The van der Waals surface area contributed by atoms with Gasteiger partial charge in [0.1, 0.15) is 5.75 Å². The van der Waals surface area contributed by atoms with E-state index in [2.05, 4.69) is 16.2 Å². The smallest absolute Gasteiger partial charge is 0.276 e. The van der Waals surface area contributed by atoms with Gasteiger partial charge in [0.05, 0.1) is 11.4 Å². The Balaban J connectivity index is 1.72. The third-order valence-electron chi connectivity index (χ3n) is 3.43. The average molecular weight is 426 g/mol. The van der Waals surface area contributed by atoms with Crippen LogP contribution in [0.1, 0.15) is 11.1 Å². The van der Waals surface area contributed by atoms with Gasteiger partial charge >= 0.3 is 0 Å². The monoisotopic (exact) mass is 425 g/mol. The van der Waals surface area contributed by atoms with Crippen molar-refractivity contribution in [3.63, 3.8) is 0 Å². The van der Waals surface area contributed by atoms with Crippen molar-refractivity contribution in [2.75, 3.05) is 6.61 Å². The number of hydrogen-bond acceptors (Lipinski definition) is 4. The minimum Gasteiger partial charge on any atom is -0.482 e. The van der Waals surface area contributed by atoms with Gasteiger partial charge in [0, 0.05) is 5.02 Å². The summed E-state index contributed by atoms with van der Waals surface area (Å²) >= 11 is 16.7. The van der Waals surface area contributed by atoms with Gasteiger partial charge in [-0.3, -0.25) is 20.4 Å². The summed E-state index contributed by atoms with van der Waals surface area (Å²) in [7, 11) is 0. The first-order valence-corrected chi connectivity index (χ1v) is 9.02. The molecule has 2 rings (SSSR count). The highest BCUT2D eigenvalue weighted by molar-refractivity contribution is 7.80. The van der Waals surface area contributed by atoms with Crippen LogP contribution >= 0.6 is 35.4 Å². The fraction of sp³-hybridized carbons (Fsp3) is 0.167. The maximum Gasteiger partial charge on any atom is 0.276 e. The van der Waals surface area contributed by atoms with Crippen LogP contribution < -0.4 is 20.9 Å². The second-order valence-corrected chi connectivity index (χ2v) is 6.77. The van der Waals surface area contributed by atoms with Gasteiger partial charge in [0.2, 0.25) is 5.91 Å². The quantitative estimate of drug-likeness (QED) is 0.506. The van der Waals surface area contributed by atoms with Crippen molar-refractivity contribution in [2.45, 2.75) is 13.3 Å². The molecule has 0 aliphatic rings. The highest BCUT2D eigenvalue weighted by Gasteiger charge is 2.10. The molecule has 0 saturated carbocycles. The van der Waals surface area contributed by atoms with Crippen LogP contribution in [0.3, 0.4) is 0 Å². The summed E-state index contributed by atoms with van der Waals surface area (Å²) in [5, 5.41) is 3.23. The van der Waals surface area contributed by atoms with Crippen molar-refractivity contribution in [1.82, 2.24) is 16.2 Å². The molecule has 0 bridgehead atoms. The Morgan fingerprint density at radius 3 is 2.52 bits per heavy atom. The van der Waals surface area contributed by atoms with Crippen molar-refractivity contribution >= 4 is 52.3 Å². The number of carbonyl (C=O) groups is 2. The molecule has 0 radical (unpaired) electrons. The fourth-order valence-corrected chi connectivity index (χ4v) is 2.71. The molecular formula is C18H17Cl2N3O3S. The van der Waals surface area contributed by atoms with Gasteiger partial charge < -0.3 is 10.1 Å². The Labute approximate surface area is 172 Å². The summed E-state index contributed by atoms with van der Waals surface area (Å²) in [5.41, 5.74) is 6.67. The number of aryl methyl sites for hydroxylation is 1. The minimum atomic E-state index is -0.503. The van der Waals surface area contributed by atoms with Gasteiger partial charge in [-0.25, -0.2) is 0 Å². The third kappa shape index (κ3) is 7.05. The highest BCUT2D eigenvalue weighted by Crippen LogP contribution is 2.27. The van der Waals surface area contributed by atoms with E-state index in [1.54, 1.807) is 12.1 Å². The largest absolute Gasteiger partial charge is 0.482 e. The van der Waals surface area contributed by atoms with E-state index in [9.17, 15) is 9.59 Å². The lowest BCUT2D eigenvalue weighted by atomic mass is 10.1. The predicted octanol–water partition coefficient (Wildman–Crippen LogP) is 2.95. The predicted molar refractivity (Wildman–Crippen MR) is 109 cm³/mol. The number of amides is 2. The van der Waals surface area contributed by atoms with E-state index in [-0.39, 0.29) is 24.0 Å². The average Bonchev–Trinajstić information content (AvgIpc) is 2.61. The molecule has 2 aromatic carbocycles. The summed E-state index contributed by atoms with van der Waals surface area (Å²) in [6, 6.07) is 12.2. The lowest BCUT2D eigenvalue weighted by molar-refractivity contribution is -0.124. The molecule has 0 saturated heterocycles. The first-order chi connectivity index (χ1) is 12.8. The minimum absolute atomic E-state index is 0.0218. The Hall–Kier alpha value is -2.35. The van der Waals surface area contributed by atoms with Crippen LogP contribution in [0.2, 0.25) is 10.0 Å². The van der Waals surface area contributed by atoms with Gasteiger partial charge in [0.25, 0.3) is 5.91 Å². The fourth-order valence-electron chi connectivity index (χ4n) is 2.08. The van der Waals surface area contributed by atoms with Crippen LogP contribution in [-0.2, 0) is 16.0 Å². The Morgan fingerprint density at radius 2 is 1.81 bits per heavy atom. The van der Waals surface area contributed by atoms with Gasteiger partial charge in [0.15, 0.2) is 11.7 Å². The van der Waals surface area contributed by atoms with Crippen LogP contribution in [0, 0.1) is 6.92 Å². The molecule has 142 valence electrons. The third-order valence-corrected chi connectivity index (χ3v) is 4.17. The number of hydrogen-bond donors (Lipinski definition) is 3. The van der Waals surface area contributed by atoms with Crippen LogP contribution in [0.15, 0.2) is 42.5 Å². The number of benzene rings is 2. The SMILES string of the molecule is Cc1ccccc1CC(=O)NC(=S)NNC(=O)COc1ccc(Cl)cc1Cl. The van der Waals surface area contributed by atoms with Crippen molar-refractivity contribution < 1.29 is 14.3 Å². The van der Waals surface area contributed by atoms with E-state index < -0.39 is 5.91 Å². The summed E-state index contributed by atoms with van der Waals surface area (Å²) in [4.78, 5) is 23.8. The van der Waals surface area contributed by atoms with Crippen LogP contribution in [0.25, 0.3) is 0 Å². The van der Waals surface area contributed by atoms with E-state index in [4.69, 9.17) is 40.2 Å². The van der Waals surface area contributed by atoms with Crippen LogP contribution in [-0.4, -0.2) is 23.5 Å². The molecule has 0 heterocycles. The van der Waals surface area contributed by atoms with Gasteiger partial charge in [-0.2, -0.15) is 0 Å². The topological polar surface area (TPSA) is 79.5 Å². The second kappa shape index (κ2) is 10.1. The van der Waals surface area contributed by atoms with Crippen molar-refractivity contribution in [1.29, 1.82) is 0 Å². The zero-order valence-corrected chi connectivity index (χ0v) is 16.7. The Morgan fingerprint density at radius 1 is 1.07 bits per heavy atom. The molecule has 2 amide bonds. The van der Waals surface area contributed by atoms with Crippen LogP contribution in [0.4, 0.5) is 0 Å². The molecule has 9 heteroatoms. The first kappa shape index (κ1) is 21.0. The Bertz CT molecular complexity index is 861. The van der Waals surface area contributed by atoms with Crippen molar-refractivity contribution in [3.05, 3.63) is 63.6 Å². The van der Waals surface area contributed by atoms with Crippen LogP contribution in [0.5, 0.6) is 5.75 Å². The number of ether oxygens (including phenoxy) is 1. The maximum absolute atomic E-state index is 12.0. The molecular weight excluding hydrogens is 409 g/mol. The lowest BCUT2D eigenvalue weighted by Gasteiger charge is -2.12. The molecule has 6 nitrogen and oxygen atoms in total. The molecule has 0 aliphatic carbocycles. The van der Waals surface area contributed by atoms with E-state index in [0.29, 0.717) is 15.8 Å². The van der Waals surface area contributed by atoms with Gasteiger partial charge in [-0.1, -0.05) is 47.5 Å². The van der Waals surface area contributed by atoms with E-state index in [1.165, 1.54) is 6.07 Å². The summed E-state index contributed by atoms with van der Waals surface area (Å²) < 4.78 is 5.29. The highest BCUT2D eigenvalue weighted by atomic mass is 35.5. The molecule has 2 aromatic rings. The number of nitrogens with one attached hydrogen (secondary N) is 3. The lowest BCUT2D eigenvalue weighted by Crippen LogP contribution is -2.50. The molecule has 0 fully saturated rings. The zero-order chi connectivity index (χ0) is 19.8. The number of carbonyl (C=O) groups excluding carboxylic acids is 2. The van der Waals surface area contributed by atoms with E-state index >= 15 is 0 Å². The summed E-state index contributed by atoms with van der Waals surface area (Å²) in [5.74, 6) is -0.470. The molecule has 3 N–H and O–H groups in total. The molecule has 0 atom stereocenters. The van der Waals surface area contributed by atoms with E-state index in [1.807, 2.05) is 31.2 Å². The molecule has 0 spiro atoms.